The third kappa shape index (κ3) is 3.71. The van der Waals surface area contributed by atoms with Gasteiger partial charge < -0.3 is 15.2 Å². The van der Waals surface area contributed by atoms with Crippen LogP contribution in [0.2, 0.25) is 0 Å². The number of nitrogens with one attached hydrogen (secondary N) is 1. The monoisotopic (exact) mass is 269 g/mol. The van der Waals surface area contributed by atoms with Crippen molar-refractivity contribution >= 4 is 0 Å². The van der Waals surface area contributed by atoms with Crippen LogP contribution in [0.5, 0.6) is 0 Å². The maximum absolute atomic E-state index is 9.63. The fourth-order valence-electron chi connectivity index (χ4n) is 3.82. The largest absolute Gasteiger partial charge is 0.394 e. The first-order valence-electron chi connectivity index (χ1n) is 8.10. The predicted octanol–water partition coefficient (Wildman–Crippen LogP) is 2.72. The molecule has 0 radical (unpaired) electrons. The standard InChI is InChI=1S/C16H31NO2/c1-4-17-16(11-18)8-7-15(10-16)19-14-6-5-12(2)13(3)9-14/h12-15,17-18H,4-11H2,1-3H3. The van der Waals surface area contributed by atoms with Crippen LogP contribution < -0.4 is 5.32 Å². The summed E-state index contributed by atoms with van der Waals surface area (Å²) in [5.74, 6) is 1.64. The zero-order valence-corrected chi connectivity index (χ0v) is 12.8. The Morgan fingerprint density at radius 1 is 1.16 bits per heavy atom. The Labute approximate surface area is 118 Å². The molecule has 5 unspecified atom stereocenters. The Morgan fingerprint density at radius 3 is 2.58 bits per heavy atom. The third-order valence-corrected chi connectivity index (χ3v) is 5.35. The van der Waals surface area contributed by atoms with Gasteiger partial charge in [0.1, 0.15) is 0 Å². The molecule has 0 aromatic rings. The molecule has 0 saturated heterocycles. The molecule has 2 fully saturated rings. The first-order chi connectivity index (χ1) is 9.08. The van der Waals surface area contributed by atoms with Crippen molar-refractivity contribution in [3.8, 4) is 0 Å². The highest BCUT2D eigenvalue weighted by molar-refractivity contribution is 4.97. The van der Waals surface area contributed by atoms with Gasteiger partial charge in [-0.25, -0.2) is 0 Å². The number of aliphatic hydroxyl groups excluding tert-OH is 1. The second-order valence-corrected chi connectivity index (χ2v) is 6.86. The van der Waals surface area contributed by atoms with E-state index >= 15 is 0 Å². The molecule has 0 amide bonds. The predicted molar refractivity (Wildman–Crippen MR) is 78.2 cm³/mol. The average Bonchev–Trinajstić information content (AvgIpc) is 2.78. The van der Waals surface area contributed by atoms with Gasteiger partial charge in [-0.3, -0.25) is 0 Å². The van der Waals surface area contributed by atoms with Crippen LogP contribution in [0, 0.1) is 11.8 Å². The Balaban J connectivity index is 1.81. The summed E-state index contributed by atoms with van der Waals surface area (Å²) in [5, 5.41) is 13.1. The second kappa shape index (κ2) is 6.55. The van der Waals surface area contributed by atoms with Crippen molar-refractivity contribution in [2.24, 2.45) is 11.8 Å². The van der Waals surface area contributed by atoms with E-state index in [1.807, 2.05) is 0 Å². The first kappa shape index (κ1) is 15.3. The number of aliphatic hydroxyl groups is 1. The van der Waals surface area contributed by atoms with E-state index < -0.39 is 0 Å². The van der Waals surface area contributed by atoms with E-state index in [0.717, 1.165) is 37.6 Å². The fourth-order valence-corrected chi connectivity index (χ4v) is 3.82. The smallest absolute Gasteiger partial charge is 0.0614 e. The molecular formula is C16H31NO2. The molecule has 0 spiro atoms. The first-order valence-corrected chi connectivity index (χ1v) is 8.10. The minimum atomic E-state index is -0.0764. The number of hydrogen-bond donors (Lipinski definition) is 2. The van der Waals surface area contributed by atoms with E-state index in [4.69, 9.17) is 4.74 Å². The highest BCUT2D eigenvalue weighted by Crippen LogP contribution is 2.36. The molecule has 2 rings (SSSR count). The fraction of sp³-hybridized carbons (Fsp3) is 1.00. The molecule has 19 heavy (non-hydrogen) atoms. The van der Waals surface area contributed by atoms with Crippen LogP contribution in [0.3, 0.4) is 0 Å². The van der Waals surface area contributed by atoms with Crippen LogP contribution in [-0.2, 0) is 4.74 Å². The molecule has 0 aromatic carbocycles. The maximum Gasteiger partial charge on any atom is 0.0614 e. The summed E-state index contributed by atoms with van der Waals surface area (Å²) in [6, 6.07) is 0. The van der Waals surface area contributed by atoms with Gasteiger partial charge in [0, 0.05) is 5.54 Å². The Morgan fingerprint density at radius 2 is 1.95 bits per heavy atom. The number of hydrogen-bond acceptors (Lipinski definition) is 3. The van der Waals surface area contributed by atoms with Gasteiger partial charge >= 0.3 is 0 Å². The minimum absolute atomic E-state index is 0.0764. The molecule has 0 aromatic heterocycles. The molecular weight excluding hydrogens is 238 g/mol. The van der Waals surface area contributed by atoms with Crippen LogP contribution in [0.25, 0.3) is 0 Å². The van der Waals surface area contributed by atoms with E-state index in [9.17, 15) is 5.11 Å². The Kier molecular flexibility index (Phi) is 5.27. The van der Waals surface area contributed by atoms with Crippen molar-refractivity contribution < 1.29 is 9.84 Å². The third-order valence-electron chi connectivity index (χ3n) is 5.35. The molecule has 2 N–H and O–H groups in total. The van der Waals surface area contributed by atoms with Crippen LogP contribution in [0.15, 0.2) is 0 Å². The summed E-state index contributed by atoms with van der Waals surface area (Å²) in [6.07, 6.45) is 7.63. The topological polar surface area (TPSA) is 41.5 Å². The molecule has 2 saturated carbocycles. The van der Waals surface area contributed by atoms with Crippen LogP contribution >= 0.6 is 0 Å². The maximum atomic E-state index is 9.63. The highest BCUT2D eigenvalue weighted by Gasteiger charge is 2.39. The molecule has 0 heterocycles. The SMILES string of the molecule is CCNC1(CO)CCC(OC2CCC(C)C(C)C2)C1. The van der Waals surface area contributed by atoms with Crippen molar-refractivity contribution in [3.63, 3.8) is 0 Å². The summed E-state index contributed by atoms with van der Waals surface area (Å²) < 4.78 is 6.32. The summed E-state index contributed by atoms with van der Waals surface area (Å²) in [5.41, 5.74) is -0.0764. The van der Waals surface area contributed by atoms with Gasteiger partial charge in [0.05, 0.1) is 18.8 Å². The van der Waals surface area contributed by atoms with Crippen LogP contribution in [0.4, 0.5) is 0 Å². The van der Waals surface area contributed by atoms with Gasteiger partial charge in [0.2, 0.25) is 0 Å². The van der Waals surface area contributed by atoms with Crippen molar-refractivity contribution in [2.75, 3.05) is 13.2 Å². The Bertz CT molecular complexity index is 284. The molecule has 2 aliphatic carbocycles. The molecule has 0 bridgehead atoms. The summed E-state index contributed by atoms with van der Waals surface area (Å²) in [6.45, 7) is 7.98. The zero-order chi connectivity index (χ0) is 13.9. The normalized spacial score (nSPS) is 43.6. The lowest BCUT2D eigenvalue weighted by atomic mass is 9.80. The molecule has 3 nitrogen and oxygen atoms in total. The molecule has 112 valence electrons. The lowest BCUT2D eigenvalue weighted by Crippen LogP contribution is -2.46. The quantitative estimate of drug-likeness (QED) is 0.806. The van der Waals surface area contributed by atoms with E-state index in [2.05, 4.69) is 26.1 Å². The van der Waals surface area contributed by atoms with E-state index in [-0.39, 0.29) is 12.1 Å². The highest BCUT2D eigenvalue weighted by atomic mass is 16.5. The van der Waals surface area contributed by atoms with Gasteiger partial charge in [-0.2, -0.15) is 0 Å². The number of rotatable bonds is 5. The van der Waals surface area contributed by atoms with Gasteiger partial charge in [-0.05, 0) is 56.9 Å². The summed E-state index contributed by atoms with van der Waals surface area (Å²) in [4.78, 5) is 0. The van der Waals surface area contributed by atoms with Crippen LogP contribution in [-0.4, -0.2) is 36.0 Å². The number of likely N-dealkylation sites (N-methyl/N-ethyl adjacent to an activating group) is 1. The van der Waals surface area contributed by atoms with Gasteiger partial charge in [-0.1, -0.05) is 20.8 Å². The van der Waals surface area contributed by atoms with Crippen molar-refractivity contribution in [1.82, 2.24) is 5.32 Å². The minimum Gasteiger partial charge on any atom is -0.394 e. The lowest BCUT2D eigenvalue weighted by Gasteiger charge is -2.34. The van der Waals surface area contributed by atoms with Gasteiger partial charge in [-0.15, -0.1) is 0 Å². The summed E-state index contributed by atoms with van der Waals surface area (Å²) >= 11 is 0. The zero-order valence-electron chi connectivity index (χ0n) is 12.8. The second-order valence-electron chi connectivity index (χ2n) is 6.86. The van der Waals surface area contributed by atoms with Gasteiger partial charge in [0.15, 0.2) is 0 Å². The molecule has 2 aliphatic rings. The molecule has 3 heteroatoms. The molecule has 5 atom stereocenters. The number of ether oxygens (including phenoxy) is 1. The van der Waals surface area contributed by atoms with Crippen LogP contribution in [0.1, 0.15) is 59.3 Å². The van der Waals surface area contributed by atoms with Crippen molar-refractivity contribution in [2.45, 2.75) is 77.0 Å². The van der Waals surface area contributed by atoms with Gasteiger partial charge in [0.25, 0.3) is 0 Å². The Hall–Kier alpha value is -0.120. The molecule has 0 aliphatic heterocycles. The van der Waals surface area contributed by atoms with E-state index in [1.54, 1.807) is 0 Å². The van der Waals surface area contributed by atoms with E-state index in [0.29, 0.717) is 12.2 Å². The summed E-state index contributed by atoms with van der Waals surface area (Å²) in [7, 11) is 0. The lowest BCUT2D eigenvalue weighted by molar-refractivity contribution is -0.0478. The van der Waals surface area contributed by atoms with E-state index in [1.165, 1.54) is 19.3 Å². The van der Waals surface area contributed by atoms with Crippen molar-refractivity contribution in [1.29, 1.82) is 0 Å². The average molecular weight is 269 g/mol. The van der Waals surface area contributed by atoms with Crippen molar-refractivity contribution in [3.05, 3.63) is 0 Å².